The van der Waals surface area contributed by atoms with Crippen LogP contribution in [-0.4, -0.2) is 52.9 Å². The summed E-state index contributed by atoms with van der Waals surface area (Å²) < 4.78 is 2.01. The number of aliphatic imine (C=N–C) groups is 1. The molecule has 1 heterocycles. The molecule has 0 unspecified atom stereocenters. The lowest BCUT2D eigenvalue weighted by Gasteiger charge is -2.20. The van der Waals surface area contributed by atoms with Gasteiger partial charge in [0.25, 0.3) is 0 Å². The number of aryl methyl sites for hydroxylation is 2. The maximum atomic E-state index is 4.82. The lowest BCUT2D eigenvalue weighted by molar-refractivity contribution is 0.282. The Morgan fingerprint density at radius 1 is 1.21 bits per heavy atom. The summed E-state index contributed by atoms with van der Waals surface area (Å²) in [5.74, 6) is 0.873. The molecule has 1 aromatic carbocycles. The molecule has 0 spiro atoms. The second kappa shape index (κ2) is 11.5. The highest BCUT2D eigenvalue weighted by Crippen LogP contribution is 2.25. The third-order valence-electron chi connectivity index (χ3n) is 5.14. The SMILES string of the molecule is CCNC(=NCc1ccccc1-n1nc(C)cc1C)NCCN(CC)C1CC1.I. The lowest BCUT2D eigenvalue weighted by Crippen LogP contribution is -2.42. The first kappa shape index (κ1) is 23.7. The largest absolute Gasteiger partial charge is 0.357 e. The maximum Gasteiger partial charge on any atom is 0.191 e. The molecular formula is C22H35IN6. The molecule has 29 heavy (non-hydrogen) atoms. The number of para-hydroxylation sites is 1. The fourth-order valence-corrected chi connectivity index (χ4v) is 3.59. The van der Waals surface area contributed by atoms with Crippen molar-refractivity contribution in [1.82, 2.24) is 25.3 Å². The minimum Gasteiger partial charge on any atom is -0.357 e. The van der Waals surface area contributed by atoms with Crippen molar-refractivity contribution < 1.29 is 0 Å². The number of likely N-dealkylation sites (N-methyl/N-ethyl adjacent to an activating group) is 1. The summed E-state index contributed by atoms with van der Waals surface area (Å²) in [7, 11) is 0. The van der Waals surface area contributed by atoms with E-state index in [1.807, 2.05) is 11.6 Å². The summed E-state index contributed by atoms with van der Waals surface area (Å²) in [6.45, 7) is 13.0. The van der Waals surface area contributed by atoms with Gasteiger partial charge in [-0.15, -0.1) is 24.0 Å². The van der Waals surface area contributed by atoms with Gasteiger partial charge in [0.2, 0.25) is 0 Å². The lowest BCUT2D eigenvalue weighted by atomic mass is 10.2. The predicted molar refractivity (Wildman–Crippen MR) is 132 cm³/mol. The molecule has 1 aliphatic rings. The van der Waals surface area contributed by atoms with Crippen LogP contribution < -0.4 is 10.6 Å². The highest BCUT2D eigenvalue weighted by Gasteiger charge is 2.27. The zero-order valence-corrected chi connectivity index (χ0v) is 20.4. The fourth-order valence-electron chi connectivity index (χ4n) is 3.59. The maximum absolute atomic E-state index is 4.82. The third kappa shape index (κ3) is 6.70. The molecule has 7 heteroatoms. The van der Waals surface area contributed by atoms with Crippen LogP contribution in [0, 0.1) is 13.8 Å². The molecule has 1 fully saturated rings. The summed E-state index contributed by atoms with van der Waals surface area (Å²) in [6, 6.07) is 11.3. The van der Waals surface area contributed by atoms with Crippen molar-refractivity contribution >= 4 is 29.9 Å². The average Bonchev–Trinajstić information content (AvgIpc) is 3.47. The molecule has 0 saturated heterocycles. The number of aromatic nitrogens is 2. The second-order valence-electron chi connectivity index (χ2n) is 7.45. The summed E-state index contributed by atoms with van der Waals surface area (Å²) in [4.78, 5) is 7.37. The van der Waals surface area contributed by atoms with Gasteiger partial charge in [-0.2, -0.15) is 5.10 Å². The van der Waals surface area contributed by atoms with Crippen LogP contribution in [0.5, 0.6) is 0 Å². The normalized spacial score (nSPS) is 14.0. The van der Waals surface area contributed by atoms with Crippen LogP contribution >= 0.6 is 24.0 Å². The van der Waals surface area contributed by atoms with E-state index in [2.05, 4.69) is 71.7 Å². The summed E-state index contributed by atoms with van der Waals surface area (Å²) in [5, 5.41) is 11.5. The molecule has 3 rings (SSSR count). The molecule has 0 radical (unpaired) electrons. The molecule has 1 aliphatic carbocycles. The van der Waals surface area contributed by atoms with Crippen LogP contribution in [0.2, 0.25) is 0 Å². The van der Waals surface area contributed by atoms with Crippen LogP contribution in [0.1, 0.15) is 43.6 Å². The van der Waals surface area contributed by atoms with Gasteiger partial charge in [-0.25, -0.2) is 9.67 Å². The number of guanidine groups is 1. The Bertz CT molecular complexity index is 796. The van der Waals surface area contributed by atoms with E-state index in [1.54, 1.807) is 0 Å². The van der Waals surface area contributed by atoms with Crippen LogP contribution in [0.25, 0.3) is 5.69 Å². The van der Waals surface area contributed by atoms with E-state index < -0.39 is 0 Å². The summed E-state index contributed by atoms with van der Waals surface area (Å²) >= 11 is 0. The molecule has 2 N–H and O–H groups in total. The van der Waals surface area contributed by atoms with Crippen LogP contribution in [-0.2, 0) is 6.54 Å². The quantitative estimate of drug-likeness (QED) is 0.307. The molecular weight excluding hydrogens is 475 g/mol. The second-order valence-corrected chi connectivity index (χ2v) is 7.45. The molecule has 6 nitrogen and oxygen atoms in total. The number of hydrogen-bond donors (Lipinski definition) is 2. The number of rotatable bonds is 9. The highest BCUT2D eigenvalue weighted by atomic mass is 127. The van der Waals surface area contributed by atoms with Gasteiger partial charge in [0.15, 0.2) is 5.96 Å². The van der Waals surface area contributed by atoms with E-state index in [-0.39, 0.29) is 24.0 Å². The van der Waals surface area contributed by atoms with E-state index in [0.717, 1.165) is 55.3 Å². The Morgan fingerprint density at radius 3 is 2.59 bits per heavy atom. The van der Waals surface area contributed by atoms with E-state index in [4.69, 9.17) is 4.99 Å². The van der Waals surface area contributed by atoms with Crippen molar-refractivity contribution in [1.29, 1.82) is 0 Å². The van der Waals surface area contributed by atoms with Crippen molar-refractivity contribution in [3.63, 3.8) is 0 Å². The molecule has 0 bridgehead atoms. The first-order valence-electron chi connectivity index (χ1n) is 10.5. The van der Waals surface area contributed by atoms with Gasteiger partial charge in [-0.1, -0.05) is 25.1 Å². The molecule has 0 atom stereocenters. The number of halogens is 1. The number of nitrogens with one attached hydrogen (secondary N) is 2. The van der Waals surface area contributed by atoms with Gasteiger partial charge < -0.3 is 10.6 Å². The van der Waals surface area contributed by atoms with Crippen LogP contribution in [0.3, 0.4) is 0 Å². The fraction of sp³-hybridized carbons (Fsp3) is 0.545. The Morgan fingerprint density at radius 2 is 1.97 bits per heavy atom. The highest BCUT2D eigenvalue weighted by molar-refractivity contribution is 14.0. The summed E-state index contributed by atoms with van der Waals surface area (Å²) in [6.07, 6.45) is 2.70. The summed E-state index contributed by atoms with van der Waals surface area (Å²) in [5.41, 5.74) is 4.43. The van der Waals surface area contributed by atoms with E-state index >= 15 is 0 Å². The molecule has 2 aromatic rings. The predicted octanol–water partition coefficient (Wildman–Crippen LogP) is 3.65. The van der Waals surface area contributed by atoms with Crippen molar-refractivity contribution in [3.05, 3.63) is 47.3 Å². The standard InChI is InChI=1S/C22H34N6.HI/c1-5-23-22(24-13-14-27(6-2)20-11-12-20)25-16-19-9-7-8-10-21(19)28-18(4)15-17(3)26-28;/h7-10,15,20H,5-6,11-14,16H2,1-4H3,(H2,23,24,25);1H. The van der Waals surface area contributed by atoms with Gasteiger partial charge in [0, 0.05) is 31.4 Å². The first-order chi connectivity index (χ1) is 13.6. The van der Waals surface area contributed by atoms with Gasteiger partial charge in [0.05, 0.1) is 17.9 Å². The van der Waals surface area contributed by atoms with Crippen molar-refractivity contribution in [2.45, 2.75) is 53.1 Å². The smallest absolute Gasteiger partial charge is 0.191 e. The average molecular weight is 510 g/mol. The van der Waals surface area contributed by atoms with Gasteiger partial charge in [0.1, 0.15) is 0 Å². The minimum absolute atomic E-state index is 0. The number of benzene rings is 1. The Labute approximate surface area is 192 Å². The van der Waals surface area contributed by atoms with Crippen molar-refractivity contribution in [2.24, 2.45) is 4.99 Å². The Balaban J connectivity index is 0.00000300. The minimum atomic E-state index is 0. The molecule has 160 valence electrons. The topological polar surface area (TPSA) is 57.5 Å². The van der Waals surface area contributed by atoms with E-state index in [1.165, 1.54) is 18.4 Å². The third-order valence-corrected chi connectivity index (χ3v) is 5.14. The molecule has 1 aromatic heterocycles. The van der Waals surface area contributed by atoms with Gasteiger partial charge in [-0.05, 0) is 57.9 Å². The van der Waals surface area contributed by atoms with Crippen LogP contribution in [0.4, 0.5) is 0 Å². The zero-order valence-electron chi connectivity index (χ0n) is 18.1. The van der Waals surface area contributed by atoms with Gasteiger partial charge >= 0.3 is 0 Å². The number of nitrogens with zero attached hydrogens (tertiary/aromatic N) is 4. The van der Waals surface area contributed by atoms with Crippen molar-refractivity contribution in [2.75, 3.05) is 26.2 Å². The van der Waals surface area contributed by atoms with E-state index in [9.17, 15) is 0 Å². The van der Waals surface area contributed by atoms with E-state index in [0.29, 0.717) is 6.54 Å². The monoisotopic (exact) mass is 510 g/mol. The molecule has 1 saturated carbocycles. The molecule has 0 aliphatic heterocycles. The Hall–Kier alpha value is -1.61. The van der Waals surface area contributed by atoms with Crippen LogP contribution in [0.15, 0.2) is 35.3 Å². The number of hydrogen-bond acceptors (Lipinski definition) is 3. The van der Waals surface area contributed by atoms with Gasteiger partial charge in [-0.3, -0.25) is 4.90 Å². The Kier molecular flexibility index (Phi) is 9.42. The first-order valence-corrected chi connectivity index (χ1v) is 10.5. The zero-order chi connectivity index (χ0) is 19.9. The molecule has 0 amide bonds. The van der Waals surface area contributed by atoms with Crippen molar-refractivity contribution in [3.8, 4) is 5.69 Å².